The SMILES string of the molecule is CN(C)CCN(C)C(=O)c1ccc(C(=O)O)cn1. The number of carbonyl (C=O) groups is 2. The molecule has 18 heavy (non-hydrogen) atoms. The fourth-order valence-corrected chi connectivity index (χ4v) is 1.29. The molecule has 0 aromatic carbocycles. The number of carbonyl (C=O) groups excluding carboxylic acids is 1. The second kappa shape index (κ2) is 6.11. The topological polar surface area (TPSA) is 73.7 Å². The number of pyridine rings is 1. The average molecular weight is 251 g/mol. The summed E-state index contributed by atoms with van der Waals surface area (Å²) in [5.74, 6) is -1.27. The fourth-order valence-electron chi connectivity index (χ4n) is 1.29. The van der Waals surface area contributed by atoms with Crippen molar-refractivity contribution in [2.24, 2.45) is 0 Å². The summed E-state index contributed by atoms with van der Waals surface area (Å²) in [7, 11) is 5.55. The quantitative estimate of drug-likeness (QED) is 0.820. The molecule has 0 fully saturated rings. The Hall–Kier alpha value is -1.95. The van der Waals surface area contributed by atoms with Crippen LogP contribution in [0.5, 0.6) is 0 Å². The van der Waals surface area contributed by atoms with Gasteiger partial charge in [-0.05, 0) is 26.2 Å². The summed E-state index contributed by atoms with van der Waals surface area (Å²) >= 11 is 0. The number of amides is 1. The van der Waals surface area contributed by atoms with Crippen molar-refractivity contribution in [3.05, 3.63) is 29.6 Å². The van der Waals surface area contributed by atoms with Gasteiger partial charge >= 0.3 is 5.97 Å². The van der Waals surface area contributed by atoms with Gasteiger partial charge in [-0.2, -0.15) is 0 Å². The molecule has 6 nitrogen and oxygen atoms in total. The van der Waals surface area contributed by atoms with Crippen LogP contribution >= 0.6 is 0 Å². The molecule has 0 radical (unpaired) electrons. The number of carboxylic acid groups (broad SMARTS) is 1. The van der Waals surface area contributed by atoms with Gasteiger partial charge in [0.05, 0.1) is 5.56 Å². The van der Waals surface area contributed by atoms with Crippen LogP contribution in [0.25, 0.3) is 0 Å². The van der Waals surface area contributed by atoms with Crippen LogP contribution in [0.2, 0.25) is 0 Å². The van der Waals surface area contributed by atoms with Crippen molar-refractivity contribution in [2.45, 2.75) is 0 Å². The molecule has 0 unspecified atom stereocenters. The van der Waals surface area contributed by atoms with E-state index >= 15 is 0 Å². The Morgan fingerprint density at radius 2 is 1.89 bits per heavy atom. The molecule has 1 amide bonds. The van der Waals surface area contributed by atoms with Crippen molar-refractivity contribution in [3.8, 4) is 0 Å². The van der Waals surface area contributed by atoms with E-state index in [1.807, 2.05) is 19.0 Å². The number of hydrogen-bond acceptors (Lipinski definition) is 4. The van der Waals surface area contributed by atoms with Gasteiger partial charge in [0.1, 0.15) is 5.69 Å². The molecule has 1 heterocycles. The lowest BCUT2D eigenvalue weighted by atomic mass is 10.2. The molecule has 1 N–H and O–H groups in total. The minimum Gasteiger partial charge on any atom is -0.478 e. The predicted molar refractivity (Wildman–Crippen MR) is 66.7 cm³/mol. The molecule has 0 aliphatic heterocycles. The Morgan fingerprint density at radius 1 is 1.22 bits per heavy atom. The number of aromatic carboxylic acids is 1. The summed E-state index contributed by atoms with van der Waals surface area (Å²) in [6.07, 6.45) is 1.19. The van der Waals surface area contributed by atoms with E-state index in [1.54, 1.807) is 11.9 Å². The van der Waals surface area contributed by atoms with Gasteiger partial charge in [-0.3, -0.25) is 9.78 Å². The maximum atomic E-state index is 11.9. The van der Waals surface area contributed by atoms with Gasteiger partial charge in [0, 0.05) is 26.3 Å². The van der Waals surface area contributed by atoms with Gasteiger partial charge in [-0.25, -0.2) is 4.79 Å². The molecule has 0 bridgehead atoms. The number of nitrogens with zero attached hydrogens (tertiary/aromatic N) is 3. The third-order valence-corrected chi connectivity index (χ3v) is 2.46. The van der Waals surface area contributed by atoms with E-state index in [-0.39, 0.29) is 17.2 Å². The first kappa shape index (κ1) is 14.1. The van der Waals surface area contributed by atoms with E-state index < -0.39 is 5.97 Å². The number of aromatic nitrogens is 1. The molecular weight excluding hydrogens is 234 g/mol. The number of hydrogen-bond donors (Lipinski definition) is 1. The summed E-state index contributed by atoms with van der Waals surface area (Å²) in [6, 6.07) is 2.81. The van der Waals surface area contributed by atoms with E-state index in [2.05, 4.69) is 4.98 Å². The Bertz CT molecular complexity index is 429. The molecule has 6 heteroatoms. The van der Waals surface area contributed by atoms with Crippen LogP contribution in [-0.4, -0.2) is 66.0 Å². The lowest BCUT2D eigenvalue weighted by molar-refractivity contribution is 0.0694. The number of carboxylic acids is 1. The van der Waals surface area contributed by atoms with E-state index in [0.29, 0.717) is 6.54 Å². The van der Waals surface area contributed by atoms with Crippen LogP contribution in [0.1, 0.15) is 20.8 Å². The van der Waals surface area contributed by atoms with Crippen LogP contribution < -0.4 is 0 Å². The number of likely N-dealkylation sites (N-methyl/N-ethyl adjacent to an activating group) is 2. The predicted octanol–water partition coefficient (Wildman–Crippen LogP) is 0.413. The molecule has 0 spiro atoms. The van der Waals surface area contributed by atoms with Crippen molar-refractivity contribution < 1.29 is 14.7 Å². The Morgan fingerprint density at radius 3 is 2.33 bits per heavy atom. The Balaban J connectivity index is 2.69. The fraction of sp³-hybridized carbons (Fsp3) is 0.417. The molecule has 1 rings (SSSR count). The number of rotatable bonds is 5. The smallest absolute Gasteiger partial charge is 0.337 e. The molecule has 0 saturated carbocycles. The second-order valence-corrected chi connectivity index (χ2v) is 4.27. The maximum absolute atomic E-state index is 11.9. The van der Waals surface area contributed by atoms with Crippen LogP contribution in [-0.2, 0) is 0 Å². The normalized spacial score (nSPS) is 10.4. The van der Waals surface area contributed by atoms with Gasteiger partial charge in [-0.1, -0.05) is 0 Å². The van der Waals surface area contributed by atoms with Crippen molar-refractivity contribution in [2.75, 3.05) is 34.2 Å². The minimum absolute atomic E-state index is 0.0718. The van der Waals surface area contributed by atoms with Gasteiger partial charge in [-0.15, -0.1) is 0 Å². The first-order valence-corrected chi connectivity index (χ1v) is 5.51. The second-order valence-electron chi connectivity index (χ2n) is 4.27. The van der Waals surface area contributed by atoms with Crippen LogP contribution in [0.15, 0.2) is 18.3 Å². The van der Waals surface area contributed by atoms with Crippen molar-refractivity contribution in [1.29, 1.82) is 0 Å². The Labute approximate surface area is 106 Å². The standard InChI is InChI=1S/C12H17N3O3/c1-14(2)6-7-15(3)11(16)10-5-4-9(8-13-10)12(17)18/h4-5,8H,6-7H2,1-3H3,(H,17,18). The third kappa shape index (κ3) is 3.81. The zero-order chi connectivity index (χ0) is 13.7. The highest BCUT2D eigenvalue weighted by Gasteiger charge is 2.13. The lowest BCUT2D eigenvalue weighted by Crippen LogP contribution is -2.33. The molecule has 0 aliphatic carbocycles. The first-order valence-electron chi connectivity index (χ1n) is 5.51. The van der Waals surface area contributed by atoms with Gasteiger partial charge in [0.25, 0.3) is 5.91 Å². The minimum atomic E-state index is -1.05. The van der Waals surface area contributed by atoms with Crippen LogP contribution in [0.3, 0.4) is 0 Å². The van der Waals surface area contributed by atoms with E-state index in [9.17, 15) is 9.59 Å². The molecule has 1 aromatic heterocycles. The third-order valence-electron chi connectivity index (χ3n) is 2.46. The summed E-state index contributed by atoms with van der Waals surface area (Å²) in [6.45, 7) is 1.35. The zero-order valence-corrected chi connectivity index (χ0v) is 10.8. The summed E-state index contributed by atoms with van der Waals surface area (Å²) in [4.78, 5) is 30.0. The van der Waals surface area contributed by atoms with Crippen LogP contribution in [0, 0.1) is 0 Å². The first-order chi connectivity index (χ1) is 8.41. The lowest BCUT2D eigenvalue weighted by Gasteiger charge is -2.19. The highest BCUT2D eigenvalue weighted by atomic mass is 16.4. The van der Waals surface area contributed by atoms with Crippen molar-refractivity contribution in [3.63, 3.8) is 0 Å². The molecule has 0 atom stereocenters. The Kier molecular flexibility index (Phi) is 4.79. The summed E-state index contributed by atoms with van der Waals surface area (Å²) in [5.41, 5.74) is 0.323. The van der Waals surface area contributed by atoms with E-state index in [4.69, 9.17) is 5.11 Å². The highest BCUT2D eigenvalue weighted by molar-refractivity contribution is 5.93. The average Bonchev–Trinajstić information content (AvgIpc) is 2.35. The summed E-state index contributed by atoms with van der Waals surface area (Å²) in [5, 5.41) is 8.73. The molecule has 0 saturated heterocycles. The molecule has 98 valence electrons. The van der Waals surface area contributed by atoms with Crippen molar-refractivity contribution >= 4 is 11.9 Å². The van der Waals surface area contributed by atoms with Gasteiger partial charge in [0.2, 0.25) is 0 Å². The van der Waals surface area contributed by atoms with Gasteiger partial charge < -0.3 is 14.9 Å². The molecule has 1 aromatic rings. The van der Waals surface area contributed by atoms with E-state index in [1.165, 1.54) is 18.3 Å². The molecular formula is C12H17N3O3. The highest BCUT2D eigenvalue weighted by Crippen LogP contribution is 2.03. The maximum Gasteiger partial charge on any atom is 0.337 e. The summed E-state index contributed by atoms with van der Waals surface area (Å²) < 4.78 is 0. The zero-order valence-electron chi connectivity index (χ0n) is 10.8. The van der Waals surface area contributed by atoms with Crippen molar-refractivity contribution in [1.82, 2.24) is 14.8 Å². The van der Waals surface area contributed by atoms with Gasteiger partial charge in [0.15, 0.2) is 0 Å². The monoisotopic (exact) mass is 251 g/mol. The van der Waals surface area contributed by atoms with E-state index in [0.717, 1.165) is 6.54 Å². The largest absolute Gasteiger partial charge is 0.478 e. The molecule has 0 aliphatic rings. The van der Waals surface area contributed by atoms with Crippen LogP contribution in [0.4, 0.5) is 0 Å².